The monoisotopic (exact) mass is 615 g/mol. The van der Waals surface area contributed by atoms with Gasteiger partial charge in [-0.05, 0) is 44.8 Å². The second kappa shape index (κ2) is 14.5. The van der Waals surface area contributed by atoms with E-state index < -0.39 is 0 Å². The smallest absolute Gasteiger partial charge is 0.320 e. The van der Waals surface area contributed by atoms with Crippen molar-refractivity contribution in [3.8, 4) is 46.0 Å². The van der Waals surface area contributed by atoms with Crippen molar-refractivity contribution in [2.24, 2.45) is 0 Å². The van der Waals surface area contributed by atoms with Gasteiger partial charge in [0, 0.05) is 17.7 Å². The lowest BCUT2D eigenvalue weighted by Gasteiger charge is -2.14. The lowest BCUT2D eigenvalue weighted by molar-refractivity contribution is 0.281. The van der Waals surface area contributed by atoms with Crippen LogP contribution in [0.2, 0.25) is 0 Å². The molecule has 0 saturated heterocycles. The molecule has 0 aliphatic rings. The van der Waals surface area contributed by atoms with Crippen molar-refractivity contribution in [3.63, 3.8) is 0 Å². The van der Waals surface area contributed by atoms with Crippen LogP contribution in [0, 0.1) is 0 Å². The highest BCUT2D eigenvalue weighted by Gasteiger charge is 2.21. The lowest BCUT2D eigenvalue weighted by Crippen LogP contribution is -2.05. The van der Waals surface area contributed by atoms with Crippen LogP contribution in [0.25, 0.3) is 55.1 Å². The van der Waals surface area contributed by atoms with Gasteiger partial charge in [0.1, 0.15) is 22.8 Å². The maximum Gasteiger partial charge on any atom is 0.320 e. The Bertz CT molecular complexity index is 1950. The van der Waals surface area contributed by atoms with Gasteiger partial charge in [-0.25, -0.2) is 4.98 Å². The number of ether oxygens (including phenoxy) is 1. The average molecular weight is 616 g/mol. The summed E-state index contributed by atoms with van der Waals surface area (Å²) in [5, 5.41) is 37.8. The van der Waals surface area contributed by atoms with Gasteiger partial charge in [-0.2, -0.15) is 9.97 Å². The average Bonchev–Trinajstić information content (AvgIpc) is 3.06. The first kappa shape index (κ1) is 31.1. The van der Waals surface area contributed by atoms with Crippen LogP contribution >= 0.6 is 0 Å². The maximum absolute atomic E-state index is 10.7. The highest BCUT2D eigenvalue weighted by atomic mass is 16.5. The van der Waals surface area contributed by atoms with E-state index in [0.717, 1.165) is 69.3 Å². The summed E-state index contributed by atoms with van der Waals surface area (Å²) in [7, 11) is 0. The first-order chi connectivity index (χ1) is 22.5. The Morgan fingerprint density at radius 1 is 0.543 bits per heavy atom. The predicted molar refractivity (Wildman–Crippen MR) is 186 cm³/mol. The van der Waals surface area contributed by atoms with Crippen molar-refractivity contribution in [1.82, 2.24) is 15.0 Å². The molecule has 0 atom stereocenters. The van der Waals surface area contributed by atoms with Crippen LogP contribution < -0.4 is 4.74 Å². The largest absolute Gasteiger partial charge is 0.508 e. The Morgan fingerprint density at radius 2 is 1.13 bits per heavy atom. The minimum absolute atomic E-state index is 0.000723. The van der Waals surface area contributed by atoms with E-state index in [1.165, 1.54) is 44.9 Å². The third-order valence-electron chi connectivity index (χ3n) is 8.66. The minimum Gasteiger partial charge on any atom is -0.508 e. The number of fused-ring (bicyclic) bond motifs is 5. The number of nitrogens with zero attached hydrogens (tertiary/aromatic N) is 3. The lowest BCUT2D eigenvalue weighted by atomic mass is 9.93. The molecule has 3 N–H and O–H groups in total. The van der Waals surface area contributed by atoms with E-state index in [2.05, 4.69) is 48.3 Å². The number of phenols is 3. The second-order valence-electron chi connectivity index (χ2n) is 12.0. The summed E-state index contributed by atoms with van der Waals surface area (Å²) in [6, 6.07) is 25.2. The minimum atomic E-state index is -0.343. The predicted octanol–water partition coefficient (Wildman–Crippen LogP) is 10.1. The fraction of sp³-hybridized carbons (Fsp3) is 0.308. The van der Waals surface area contributed by atoms with Crippen molar-refractivity contribution < 1.29 is 20.1 Å². The molecule has 236 valence electrons. The molecule has 6 aromatic rings. The zero-order valence-electron chi connectivity index (χ0n) is 26.4. The fourth-order valence-corrected chi connectivity index (χ4v) is 6.28. The molecule has 5 aromatic carbocycles. The Morgan fingerprint density at radius 3 is 1.85 bits per heavy atom. The van der Waals surface area contributed by atoms with E-state index >= 15 is 0 Å². The quantitative estimate of drug-likeness (QED) is 0.0826. The molecular weight excluding hydrogens is 574 g/mol. The fourth-order valence-electron chi connectivity index (χ4n) is 6.28. The third kappa shape index (κ3) is 6.84. The molecule has 0 aliphatic heterocycles. The molecule has 0 saturated carbocycles. The highest BCUT2D eigenvalue weighted by molar-refractivity contribution is 6.20. The molecule has 0 spiro atoms. The van der Waals surface area contributed by atoms with Crippen LogP contribution in [0.5, 0.6) is 23.3 Å². The van der Waals surface area contributed by atoms with Crippen LogP contribution in [-0.4, -0.2) is 36.9 Å². The number of phenolic OH excluding ortho intramolecular Hbond substituents is 3. The molecule has 0 radical (unpaired) electrons. The van der Waals surface area contributed by atoms with Crippen LogP contribution in [-0.2, 0) is 0 Å². The first-order valence-corrected chi connectivity index (χ1v) is 16.5. The molecule has 1 heterocycles. The van der Waals surface area contributed by atoms with Gasteiger partial charge in [-0.1, -0.05) is 125 Å². The number of benzene rings is 5. The van der Waals surface area contributed by atoms with Gasteiger partial charge in [0.2, 0.25) is 0 Å². The normalized spacial score (nSPS) is 11.5. The van der Waals surface area contributed by atoms with Crippen LogP contribution in [0.1, 0.15) is 71.1 Å². The van der Waals surface area contributed by atoms with E-state index in [4.69, 9.17) is 14.7 Å². The number of hydrogen-bond donors (Lipinski definition) is 3. The number of aromatic nitrogens is 3. The molecule has 0 fully saturated rings. The molecule has 0 amide bonds. The zero-order chi connectivity index (χ0) is 31.9. The van der Waals surface area contributed by atoms with E-state index in [9.17, 15) is 15.3 Å². The standard InChI is InChI=1S/C39H41N3O4/c1-2-3-4-5-6-7-8-9-10-15-22-46-39-41-37(40-38(42-39)36-34(44)23-27(43)24-35(36)45)33-25-32-28-17-12-11-16-26(28)20-21-31(32)29-18-13-14-19-30(29)33/h11-14,16-21,23-25,43-45H,2-10,15,22H2,1H3. The van der Waals surface area contributed by atoms with Gasteiger partial charge in [0.15, 0.2) is 11.6 Å². The Balaban J connectivity index is 1.34. The second-order valence-corrected chi connectivity index (χ2v) is 12.0. The number of hydrogen-bond acceptors (Lipinski definition) is 7. The van der Waals surface area contributed by atoms with Crippen molar-refractivity contribution in [2.45, 2.75) is 71.1 Å². The molecule has 0 aliphatic carbocycles. The SMILES string of the molecule is CCCCCCCCCCCCOc1nc(-c2c(O)cc(O)cc2O)nc(-c2cc3c4ccccc4ccc3c3ccccc23)n1. The van der Waals surface area contributed by atoms with Gasteiger partial charge < -0.3 is 20.1 Å². The molecular formula is C39H41N3O4. The molecule has 7 nitrogen and oxygen atoms in total. The van der Waals surface area contributed by atoms with Gasteiger partial charge in [-0.15, -0.1) is 0 Å². The summed E-state index contributed by atoms with van der Waals surface area (Å²) in [6.45, 7) is 2.69. The van der Waals surface area contributed by atoms with E-state index in [-0.39, 0.29) is 34.6 Å². The zero-order valence-corrected chi connectivity index (χ0v) is 26.4. The molecule has 6 rings (SSSR count). The highest BCUT2D eigenvalue weighted by Crippen LogP contribution is 2.41. The van der Waals surface area contributed by atoms with E-state index in [1.54, 1.807) is 0 Å². The summed E-state index contributed by atoms with van der Waals surface area (Å²) in [6.07, 6.45) is 12.2. The molecule has 46 heavy (non-hydrogen) atoms. The summed E-state index contributed by atoms with van der Waals surface area (Å²) in [5.41, 5.74) is 0.783. The topological polar surface area (TPSA) is 109 Å². The van der Waals surface area contributed by atoms with E-state index in [1.807, 2.05) is 30.3 Å². The molecule has 7 heteroatoms. The number of rotatable bonds is 14. The number of aromatic hydroxyl groups is 3. The van der Waals surface area contributed by atoms with Crippen molar-refractivity contribution in [2.75, 3.05) is 6.61 Å². The Labute approximate surface area is 269 Å². The van der Waals surface area contributed by atoms with Gasteiger partial charge in [0.05, 0.1) is 6.61 Å². The van der Waals surface area contributed by atoms with Crippen molar-refractivity contribution in [3.05, 3.63) is 78.9 Å². The molecule has 0 bridgehead atoms. The summed E-state index contributed by atoms with van der Waals surface area (Å²) < 4.78 is 6.10. The van der Waals surface area contributed by atoms with Crippen LogP contribution in [0.3, 0.4) is 0 Å². The summed E-state index contributed by atoms with van der Waals surface area (Å²) in [5.74, 6) is -0.534. The Hall–Kier alpha value is -4.91. The van der Waals surface area contributed by atoms with Crippen molar-refractivity contribution in [1.29, 1.82) is 0 Å². The van der Waals surface area contributed by atoms with Gasteiger partial charge >= 0.3 is 6.01 Å². The third-order valence-corrected chi connectivity index (χ3v) is 8.66. The molecule has 0 unspecified atom stereocenters. The summed E-state index contributed by atoms with van der Waals surface area (Å²) >= 11 is 0. The van der Waals surface area contributed by atoms with Gasteiger partial charge in [0.25, 0.3) is 0 Å². The number of unbranched alkanes of at least 4 members (excludes halogenated alkanes) is 9. The van der Waals surface area contributed by atoms with Gasteiger partial charge in [-0.3, -0.25) is 0 Å². The Kier molecular flexibility index (Phi) is 9.77. The molecule has 1 aromatic heterocycles. The van der Waals surface area contributed by atoms with Crippen LogP contribution in [0.15, 0.2) is 78.9 Å². The summed E-state index contributed by atoms with van der Waals surface area (Å²) in [4.78, 5) is 14.0. The maximum atomic E-state index is 10.7. The van der Waals surface area contributed by atoms with E-state index in [0.29, 0.717) is 12.4 Å². The van der Waals surface area contributed by atoms with Crippen molar-refractivity contribution >= 4 is 32.3 Å². The first-order valence-electron chi connectivity index (χ1n) is 16.5. The van der Waals surface area contributed by atoms with Crippen LogP contribution in [0.4, 0.5) is 0 Å².